The van der Waals surface area contributed by atoms with E-state index in [-0.39, 0.29) is 43.3 Å². The number of β-amino-alcohol motifs (C(OH)–C–C–N with tert-alkyl or cyclic N) is 1. The lowest BCUT2D eigenvalue weighted by Gasteiger charge is -2.15. The number of aryl methyl sites for hydroxylation is 1. The molecule has 1 aliphatic heterocycles. The van der Waals surface area contributed by atoms with Crippen LogP contribution in [0.3, 0.4) is 0 Å². The van der Waals surface area contributed by atoms with Crippen molar-refractivity contribution in [3.8, 4) is 0 Å². The first-order valence-corrected chi connectivity index (χ1v) is 7.75. The molecule has 0 spiro atoms. The lowest BCUT2D eigenvalue weighted by molar-refractivity contribution is -0.137. The summed E-state index contributed by atoms with van der Waals surface area (Å²) in [5, 5.41) is 20.7. The van der Waals surface area contributed by atoms with Crippen LogP contribution in [0.2, 0.25) is 0 Å². The van der Waals surface area contributed by atoms with Crippen LogP contribution in [0.4, 0.5) is 5.69 Å². The van der Waals surface area contributed by atoms with E-state index in [9.17, 15) is 14.4 Å². The van der Waals surface area contributed by atoms with E-state index >= 15 is 0 Å². The monoisotopic (exact) mass is 348 g/mol. The second kappa shape index (κ2) is 8.29. The van der Waals surface area contributed by atoms with E-state index in [1.807, 2.05) is 0 Å². The summed E-state index contributed by atoms with van der Waals surface area (Å²) in [4.78, 5) is 36.2. The zero-order valence-corrected chi connectivity index (χ0v) is 13.8. The van der Waals surface area contributed by atoms with E-state index in [0.29, 0.717) is 12.1 Å². The number of esters is 1. The molecule has 0 unspecified atom stereocenters. The molecule has 0 saturated carbocycles. The highest BCUT2D eigenvalue weighted by Gasteiger charge is 2.34. The first-order chi connectivity index (χ1) is 12.0. The van der Waals surface area contributed by atoms with Crippen LogP contribution in [0.15, 0.2) is 35.5 Å². The SMILES string of the molecule is COC(=O)C1=C(Nc2ccc(CCC(=O)O)cc2)C(=O)N(CCO)C1. The number of carboxylic acid groups (broad SMARTS) is 1. The summed E-state index contributed by atoms with van der Waals surface area (Å²) in [5.74, 6) is -1.85. The number of amides is 1. The Labute approximate surface area is 144 Å². The number of hydrogen-bond acceptors (Lipinski definition) is 6. The molecule has 0 saturated heterocycles. The average Bonchev–Trinajstić information content (AvgIpc) is 2.90. The summed E-state index contributed by atoms with van der Waals surface area (Å²) in [5.41, 5.74) is 1.78. The van der Waals surface area contributed by atoms with Crippen LogP contribution in [-0.2, 0) is 25.5 Å². The van der Waals surface area contributed by atoms with Crippen molar-refractivity contribution in [1.82, 2.24) is 4.90 Å². The molecule has 1 aliphatic rings. The van der Waals surface area contributed by atoms with Crippen molar-refractivity contribution in [3.05, 3.63) is 41.1 Å². The number of hydrogen-bond donors (Lipinski definition) is 3. The number of aliphatic hydroxyl groups is 1. The summed E-state index contributed by atoms with van der Waals surface area (Å²) in [6.07, 6.45) is 0.452. The largest absolute Gasteiger partial charge is 0.481 e. The Bertz CT molecular complexity index is 696. The van der Waals surface area contributed by atoms with Gasteiger partial charge in [-0.15, -0.1) is 0 Å². The second-order valence-corrected chi connectivity index (χ2v) is 5.51. The van der Waals surface area contributed by atoms with Crippen molar-refractivity contribution >= 4 is 23.5 Å². The highest BCUT2D eigenvalue weighted by atomic mass is 16.5. The van der Waals surface area contributed by atoms with E-state index in [4.69, 9.17) is 14.9 Å². The number of carbonyl (C=O) groups is 3. The van der Waals surface area contributed by atoms with Crippen molar-refractivity contribution in [1.29, 1.82) is 0 Å². The number of aliphatic carboxylic acids is 1. The Morgan fingerprint density at radius 1 is 1.28 bits per heavy atom. The minimum atomic E-state index is -0.865. The van der Waals surface area contributed by atoms with E-state index in [0.717, 1.165) is 5.56 Å². The fourth-order valence-electron chi connectivity index (χ4n) is 2.50. The van der Waals surface area contributed by atoms with Gasteiger partial charge in [0.15, 0.2) is 0 Å². The minimum Gasteiger partial charge on any atom is -0.481 e. The topological polar surface area (TPSA) is 116 Å². The molecule has 0 aliphatic carbocycles. The molecule has 2 rings (SSSR count). The molecule has 0 atom stereocenters. The van der Waals surface area contributed by atoms with Crippen LogP contribution in [0.25, 0.3) is 0 Å². The number of rotatable bonds is 8. The number of benzene rings is 1. The summed E-state index contributed by atoms with van der Waals surface area (Å²) < 4.78 is 4.72. The number of carbonyl (C=O) groups excluding carboxylic acids is 2. The number of aliphatic hydroxyl groups excluding tert-OH is 1. The Balaban J connectivity index is 2.16. The zero-order chi connectivity index (χ0) is 18.4. The lowest BCUT2D eigenvalue weighted by Crippen LogP contribution is -2.31. The number of carboxylic acids is 1. The number of anilines is 1. The first-order valence-electron chi connectivity index (χ1n) is 7.75. The van der Waals surface area contributed by atoms with Gasteiger partial charge in [-0.3, -0.25) is 9.59 Å². The maximum atomic E-state index is 12.4. The smallest absolute Gasteiger partial charge is 0.337 e. The Hall–Kier alpha value is -2.87. The first kappa shape index (κ1) is 18.5. The maximum Gasteiger partial charge on any atom is 0.337 e. The fraction of sp³-hybridized carbons (Fsp3) is 0.353. The van der Waals surface area contributed by atoms with Crippen molar-refractivity contribution < 1.29 is 29.3 Å². The van der Waals surface area contributed by atoms with Crippen LogP contribution in [0.1, 0.15) is 12.0 Å². The molecule has 0 fully saturated rings. The van der Waals surface area contributed by atoms with Crippen LogP contribution in [0.5, 0.6) is 0 Å². The Morgan fingerprint density at radius 2 is 1.96 bits per heavy atom. The second-order valence-electron chi connectivity index (χ2n) is 5.51. The molecular weight excluding hydrogens is 328 g/mol. The molecular formula is C17H20N2O6. The van der Waals surface area contributed by atoms with Gasteiger partial charge in [0.2, 0.25) is 0 Å². The van der Waals surface area contributed by atoms with Gasteiger partial charge in [0.05, 0.1) is 25.8 Å². The van der Waals surface area contributed by atoms with Crippen molar-refractivity contribution in [3.63, 3.8) is 0 Å². The molecule has 25 heavy (non-hydrogen) atoms. The van der Waals surface area contributed by atoms with E-state index in [2.05, 4.69) is 5.32 Å². The van der Waals surface area contributed by atoms with Crippen LogP contribution in [0, 0.1) is 0 Å². The van der Waals surface area contributed by atoms with Gasteiger partial charge in [-0.05, 0) is 24.1 Å². The van der Waals surface area contributed by atoms with Gasteiger partial charge in [-0.2, -0.15) is 0 Å². The number of nitrogens with one attached hydrogen (secondary N) is 1. The van der Waals surface area contributed by atoms with Gasteiger partial charge < -0.3 is 25.2 Å². The van der Waals surface area contributed by atoms with Crippen LogP contribution >= 0.6 is 0 Å². The van der Waals surface area contributed by atoms with Gasteiger partial charge in [-0.1, -0.05) is 12.1 Å². The van der Waals surface area contributed by atoms with E-state index < -0.39 is 11.9 Å². The van der Waals surface area contributed by atoms with Crippen LogP contribution < -0.4 is 5.32 Å². The molecule has 1 aromatic rings. The van der Waals surface area contributed by atoms with E-state index in [1.54, 1.807) is 24.3 Å². The Morgan fingerprint density at radius 3 is 2.52 bits per heavy atom. The van der Waals surface area contributed by atoms with Gasteiger partial charge in [-0.25, -0.2) is 4.79 Å². The molecule has 134 valence electrons. The van der Waals surface area contributed by atoms with Crippen molar-refractivity contribution in [2.75, 3.05) is 32.1 Å². The summed E-state index contributed by atoms with van der Waals surface area (Å²) in [6, 6.07) is 6.94. The molecule has 8 heteroatoms. The fourth-order valence-corrected chi connectivity index (χ4v) is 2.50. The summed E-state index contributed by atoms with van der Waals surface area (Å²) in [7, 11) is 1.24. The highest BCUT2D eigenvalue weighted by molar-refractivity contribution is 6.08. The normalized spacial score (nSPS) is 14.0. The summed E-state index contributed by atoms with van der Waals surface area (Å²) >= 11 is 0. The lowest BCUT2D eigenvalue weighted by atomic mass is 10.1. The molecule has 1 heterocycles. The molecule has 0 bridgehead atoms. The van der Waals surface area contributed by atoms with Gasteiger partial charge >= 0.3 is 11.9 Å². The van der Waals surface area contributed by atoms with Crippen molar-refractivity contribution in [2.24, 2.45) is 0 Å². The van der Waals surface area contributed by atoms with E-state index in [1.165, 1.54) is 12.0 Å². The third-order valence-electron chi connectivity index (χ3n) is 3.80. The molecule has 1 amide bonds. The quantitative estimate of drug-likeness (QED) is 0.582. The third kappa shape index (κ3) is 4.57. The van der Waals surface area contributed by atoms with Gasteiger partial charge in [0, 0.05) is 18.7 Å². The average molecular weight is 348 g/mol. The minimum absolute atomic E-state index is 0.0407. The zero-order valence-electron chi connectivity index (χ0n) is 13.8. The van der Waals surface area contributed by atoms with Crippen LogP contribution in [-0.4, -0.2) is 59.8 Å². The standard InChI is InChI=1S/C17H20N2O6/c1-25-17(24)13-10-19(8-9-20)16(23)15(13)18-12-5-2-11(3-6-12)4-7-14(21)22/h2-3,5-6,18,20H,4,7-10H2,1H3,(H,21,22). The van der Waals surface area contributed by atoms with Crippen molar-refractivity contribution in [2.45, 2.75) is 12.8 Å². The van der Waals surface area contributed by atoms with Gasteiger partial charge in [0.1, 0.15) is 5.70 Å². The number of nitrogens with zero attached hydrogens (tertiary/aromatic N) is 1. The number of ether oxygens (including phenoxy) is 1. The predicted molar refractivity (Wildman–Crippen MR) is 88.7 cm³/mol. The third-order valence-corrected chi connectivity index (χ3v) is 3.80. The maximum absolute atomic E-state index is 12.4. The molecule has 3 N–H and O–H groups in total. The summed E-state index contributed by atoms with van der Waals surface area (Å²) in [6.45, 7) is -0.00449. The van der Waals surface area contributed by atoms with Gasteiger partial charge in [0.25, 0.3) is 5.91 Å². The number of methoxy groups -OCH3 is 1. The molecule has 0 aromatic heterocycles. The molecule has 8 nitrogen and oxygen atoms in total. The Kier molecular flexibility index (Phi) is 6.13. The highest BCUT2D eigenvalue weighted by Crippen LogP contribution is 2.23. The molecule has 0 radical (unpaired) electrons. The predicted octanol–water partition coefficient (Wildman–Crippen LogP) is 0.377. The molecule has 1 aromatic carbocycles.